The Balaban J connectivity index is 1.46. The van der Waals surface area contributed by atoms with Crippen molar-refractivity contribution in [1.82, 2.24) is 0 Å². The van der Waals surface area contributed by atoms with Crippen LogP contribution in [-0.4, -0.2) is 16.6 Å². The molecular formula is C23H20N2O3S. The molecule has 4 rings (SSSR count). The van der Waals surface area contributed by atoms with Crippen LogP contribution in [-0.2, 0) is 16.2 Å². The molecule has 1 unspecified atom stereocenters. The summed E-state index contributed by atoms with van der Waals surface area (Å²) in [4.78, 5) is 26.5. The van der Waals surface area contributed by atoms with Crippen molar-refractivity contribution in [3.05, 3.63) is 84.4 Å². The molecule has 0 aliphatic carbocycles. The van der Waals surface area contributed by atoms with Crippen LogP contribution in [0, 0.1) is 0 Å². The van der Waals surface area contributed by atoms with Crippen LogP contribution in [0.2, 0.25) is 0 Å². The number of carbonyl (C=O) groups is 2. The van der Waals surface area contributed by atoms with E-state index in [1.165, 1.54) is 11.8 Å². The van der Waals surface area contributed by atoms with Crippen LogP contribution in [0.1, 0.15) is 12.5 Å². The molecule has 1 aliphatic rings. The number of rotatable bonds is 5. The number of anilines is 2. The fraction of sp³-hybridized carbons (Fsp3) is 0.130. The highest BCUT2D eigenvalue weighted by Crippen LogP contribution is 2.42. The minimum Gasteiger partial charge on any atom is -0.489 e. The molecule has 2 amide bonds. The normalized spacial score (nSPS) is 17.8. The molecule has 146 valence electrons. The van der Waals surface area contributed by atoms with E-state index in [0.717, 1.165) is 21.9 Å². The molecule has 0 saturated heterocycles. The van der Waals surface area contributed by atoms with Gasteiger partial charge in [0.1, 0.15) is 12.4 Å². The number of thioether (sulfide) groups is 1. The lowest BCUT2D eigenvalue weighted by atomic mass is 10.1. The van der Waals surface area contributed by atoms with Gasteiger partial charge in [-0.3, -0.25) is 9.59 Å². The van der Waals surface area contributed by atoms with E-state index in [0.29, 0.717) is 12.3 Å². The molecule has 3 aromatic rings. The fourth-order valence-corrected chi connectivity index (χ4v) is 4.09. The summed E-state index contributed by atoms with van der Waals surface area (Å²) in [7, 11) is 0. The molecule has 29 heavy (non-hydrogen) atoms. The first-order valence-corrected chi connectivity index (χ1v) is 10.0. The van der Waals surface area contributed by atoms with E-state index in [4.69, 9.17) is 4.74 Å². The van der Waals surface area contributed by atoms with Gasteiger partial charge in [-0.1, -0.05) is 54.2 Å². The number of carbonyl (C=O) groups excluding carboxylic acids is 2. The van der Waals surface area contributed by atoms with Crippen LogP contribution in [0.5, 0.6) is 5.75 Å². The van der Waals surface area contributed by atoms with Gasteiger partial charge in [0.15, 0.2) is 4.75 Å². The first-order valence-electron chi connectivity index (χ1n) is 9.22. The maximum Gasteiger partial charge on any atom is 0.250 e. The van der Waals surface area contributed by atoms with Crippen LogP contribution < -0.4 is 15.4 Å². The quantitative estimate of drug-likeness (QED) is 0.605. The second-order valence-electron chi connectivity index (χ2n) is 6.84. The Kier molecular flexibility index (Phi) is 5.27. The number of hydrogen-bond acceptors (Lipinski definition) is 4. The van der Waals surface area contributed by atoms with E-state index in [-0.39, 0.29) is 11.8 Å². The Labute approximate surface area is 173 Å². The Morgan fingerprint density at radius 3 is 2.62 bits per heavy atom. The van der Waals surface area contributed by atoms with E-state index in [1.54, 1.807) is 13.0 Å². The van der Waals surface area contributed by atoms with E-state index >= 15 is 0 Å². The van der Waals surface area contributed by atoms with Gasteiger partial charge >= 0.3 is 0 Å². The Morgan fingerprint density at radius 1 is 1.03 bits per heavy atom. The fourth-order valence-electron chi connectivity index (χ4n) is 2.99. The first kappa shape index (κ1) is 19.1. The minimum atomic E-state index is -1.26. The van der Waals surface area contributed by atoms with Crippen molar-refractivity contribution in [2.24, 2.45) is 0 Å². The molecule has 3 aromatic carbocycles. The molecule has 1 atom stereocenters. The number of amides is 2. The maximum absolute atomic E-state index is 13.0. The van der Waals surface area contributed by atoms with E-state index in [9.17, 15) is 9.59 Å². The van der Waals surface area contributed by atoms with Crippen molar-refractivity contribution >= 4 is 35.0 Å². The maximum atomic E-state index is 13.0. The lowest BCUT2D eigenvalue weighted by Crippen LogP contribution is -2.49. The number of para-hydroxylation sites is 2. The highest BCUT2D eigenvalue weighted by atomic mass is 32.2. The average Bonchev–Trinajstić information content (AvgIpc) is 2.74. The predicted molar refractivity (Wildman–Crippen MR) is 115 cm³/mol. The monoisotopic (exact) mass is 404 g/mol. The van der Waals surface area contributed by atoms with Crippen LogP contribution in [0.15, 0.2) is 83.8 Å². The summed E-state index contributed by atoms with van der Waals surface area (Å²) in [5.41, 5.74) is 2.27. The summed E-state index contributed by atoms with van der Waals surface area (Å²) in [6.45, 7) is 2.02. The third kappa shape index (κ3) is 4.12. The molecular weight excluding hydrogens is 384 g/mol. The summed E-state index contributed by atoms with van der Waals surface area (Å²) in [5, 5.41) is 5.70. The largest absolute Gasteiger partial charge is 0.489 e. The van der Waals surface area contributed by atoms with Crippen LogP contribution in [0.25, 0.3) is 0 Å². The van der Waals surface area contributed by atoms with Crippen LogP contribution in [0.4, 0.5) is 11.4 Å². The second-order valence-corrected chi connectivity index (χ2v) is 8.30. The molecule has 6 heteroatoms. The minimum absolute atomic E-state index is 0.331. The first-order chi connectivity index (χ1) is 14.0. The van der Waals surface area contributed by atoms with Crippen molar-refractivity contribution in [1.29, 1.82) is 0 Å². The highest BCUT2D eigenvalue weighted by molar-refractivity contribution is 8.02. The van der Waals surface area contributed by atoms with Gasteiger partial charge in [-0.05, 0) is 48.9 Å². The van der Waals surface area contributed by atoms with E-state index < -0.39 is 4.75 Å². The van der Waals surface area contributed by atoms with E-state index in [1.807, 2.05) is 72.8 Å². The third-order valence-electron chi connectivity index (χ3n) is 4.65. The molecule has 1 aliphatic heterocycles. The standard InChI is InChI=1S/C23H20N2O3S/c1-23(22(27)25-19-12-5-6-13-20(19)29-23)21(26)24-17-9-7-8-16(14-17)15-28-18-10-3-2-4-11-18/h2-14H,15H2,1H3,(H,24,26)(H,25,27). The average molecular weight is 404 g/mol. The summed E-state index contributed by atoms with van der Waals surface area (Å²) < 4.78 is 4.50. The smallest absolute Gasteiger partial charge is 0.250 e. The SMILES string of the molecule is CC1(C(=O)Nc2cccc(COc3ccccc3)c2)Sc2ccccc2NC1=O. The zero-order chi connectivity index (χ0) is 20.3. The Hall–Kier alpha value is -3.25. The molecule has 2 N–H and O–H groups in total. The van der Waals surface area contributed by atoms with E-state index in [2.05, 4.69) is 10.6 Å². The topological polar surface area (TPSA) is 67.4 Å². The van der Waals surface area contributed by atoms with Gasteiger partial charge in [0.2, 0.25) is 11.8 Å². The number of nitrogens with one attached hydrogen (secondary N) is 2. The lowest BCUT2D eigenvalue weighted by molar-refractivity contribution is -0.126. The number of benzene rings is 3. The zero-order valence-electron chi connectivity index (χ0n) is 15.8. The Morgan fingerprint density at radius 2 is 1.79 bits per heavy atom. The highest BCUT2D eigenvalue weighted by Gasteiger charge is 2.45. The number of ether oxygens (including phenoxy) is 1. The van der Waals surface area contributed by atoms with Gasteiger partial charge < -0.3 is 15.4 Å². The summed E-state index contributed by atoms with van der Waals surface area (Å²) >= 11 is 1.26. The molecule has 0 spiro atoms. The van der Waals surface area contributed by atoms with Gasteiger partial charge in [0.25, 0.3) is 0 Å². The van der Waals surface area contributed by atoms with Crippen molar-refractivity contribution in [3.63, 3.8) is 0 Å². The number of hydrogen-bond donors (Lipinski definition) is 2. The van der Waals surface area contributed by atoms with Gasteiger partial charge in [-0.25, -0.2) is 0 Å². The summed E-state index contributed by atoms with van der Waals surface area (Å²) in [5.74, 6) is 0.0845. The van der Waals surface area contributed by atoms with Gasteiger partial charge in [-0.2, -0.15) is 0 Å². The molecule has 0 saturated carbocycles. The molecule has 0 bridgehead atoms. The van der Waals surface area contributed by atoms with Gasteiger partial charge in [-0.15, -0.1) is 0 Å². The van der Waals surface area contributed by atoms with Crippen LogP contribution in [0.3, 0.4) is 0 Å². The summed E-state index contributed by atoms with van der Waals surface area (Å²) in [6.07, 6.45) is 0. The van der Waals surface area contributed by atoms with Gasteiger partial charge in [0.05, 0.1) is 5.69 Å². The van der Waals surface area contributed by atoms with Crippen molar-refractivity contribution in [3.8, 4) is 5.75 Å². The van der Waals surface area contributed by atoms with Crippen molar-refractivity contribution in [2.75, 3.05) is 10.6 Å². The molecule has 1 heterocycles. The van der Waals surface area contributed by atoms with Crippen molar-refractivity contribution < 1.29 is 14.3 Å². The molecule has 5 nitrogen and oxygen atoms in total. The Bertz CT molecular complexity index is 1050. The van der Waals surface area contributed by atoms with Crippen molar-refractivity contribution in [2.45, 2.75) is 23.2 Å². The second kappa shape index (κ2) is 8.01. The predicted octanol–water partition coefficient (Wildman–Crippen LogP) is 4.71. The zero-order valence-corrected chi connectivity index (χ0v) is 16.7. The third-order valence-corrected chi connectivity index (χ3v) is 6.00. The molecule has 0 fully saturated rings. The molecule has 0 aromatic heterocycles. The number of fused-ring (bicyclic) bond motifs is 1. The van der Waals surface area contributed by atoms with Crippen LogP contribution >= 0.6 is 11.8 Å². The van der Waals surface area contributed by atoms with Gasteiger partial charge in [0, 0.05) is 10.6 Å². The molecule has 0 radical (unpaired) electrons. The lowest BCUT2D eigenvalue weighted by Gasteiger charge is -2.31. The summed E-state index contributed by atoms with van der Waals surface area (Å²) in [6, 6.07) is 24.4.